The molecule has 0 spiro atoms. The van der Waals surface area contributed by atoms with Gasteiger partial charge in [0.05, 0.1) is 12.2 Å². The highest BCUT2D eigenvalue weighted by atomic mass is 16.5. The third-order valence-corrected chi connectivity index (χ3v) is 3.98. The lowest BCUT2D eigenvalue weighted by Gasteiger charge is -2.17. The number of esters is 1. The van der Waals surface area contributed by atoms with Crippen molar-refractivity contribution in [1.82, 2.24) is 4.90 Å². The second kappa shape index (κ2) is 12.2. The van der Waals surface area contributed by atoms with E-state index in [0.717, 1.165) is 19.6 Å². The van der Waals surface area contributed by atoms with Crippen molar-refractivity contribution < 1.29 is 19.1 Å². The fourth-order valence-corrected chi connectivity index (χ4v) is 2.23. The van der Waals surface area contributed by atoms with Crippen molar-refractivity contribution in [3.05, 3.63) is 42.5 Å². The average Bonchev–Trinajstić information content (AvgIpc) is 2.65. The van der Waals surface area contributed by atoms with Crippen molar-refractivity contribution in [2.75, 3.05) is 38.2 Å². The lowest BCUT2D eigenvalue weighted by atomic mass is 10.2. The van der Waals surface area contributed by atoms with E-state index >= 15 is 0 Å². The van der Waals surface area contributed by atoms with Gasteiger partial charge in [0.25, 0.3) is 5.91 Å². The Bertz CT molecular complexity index is 568. The summed E-state index contributed by atoms with van der Waals surface area (Å²) in [4.78, 5) is 26.2. The highest BCUT2D eigenvalue weighted by molar-refractivity contribution is 5.95. The number of amides is 1. The van der Waals surface area contributed by atoms with Gasteiger partial charge in [-0.1, -0.05) is 19.9 Å². The predicted octanol–water partition coefficient (Wildman–Crippen LogP) is 3.10. The van der Waals surface area contributed by atoms with E-state index in [0.29, 0.717) is 30.9 Å². The first-order valence-electron chi connectivity index (χ1n) is 9.04. The lowest BCUT2D eigenvalue weighted by molar-refractivity contribution is -0.126. The molecule has 0 aliphatic carbocycles. The molecule has 26 heavy (non-hydrogen) atoms. The first-order valence-corrected chi connectivity index (χ1v) is 9.04. The molecule has 0 aliphatic rings. The van der Waals surface area contributed by atoms with Gasteiger partial charge >= 0.3 is 5.97 Å². The van der Waals surface area contributed by atoms with Crippen LogP contribution in [0.5, 0.6) is 0 Å². The molecule has 0 fully saturated rings. The lowest BCUT2D eigenvalue weighted by Crippen LogP contribution is -2.28. The van der Waals surface area contributed by atoms with Crippen molar-refractivity contribution in [3.8, 4) is 0 Å². The number of likely N-dealkylation sites (N-methyl/N-ethyl adjacent to an activating group) is 1. The minimum Gasteiger partial charge on any atom is -0.461 e. The molecule has 0 heterocycles. The first-order chi connectivity index (χ1) is 12.5. The van der Waals surface area contributed by atoms with E-state index in [9.17, 15) is 9.59 Å². The van der Waals surface area contributed by atoms with Crippen molar-refractivity contribution in [1.29, 1.82) is 0 Å². The van der Waals surface area contributed by atoms with Crippen LogP contribution < -0.4 is 5.32 Å². The van der Waals surface area contributed by atoms with Gasteiger partial charge < -0.3 is 19.7 Å². The van der Waals surface area contributed by atoms with Crippen LogP contribution in [-0.4, -0.2) is 55.7 Å². The van der Waals surface area contributed by atoms with Crippen LogP contribution >= 0.6 is 0 Å². The van der Waals surface area contributed by atoms with Crippen LogP contribution in [0, 0.1) is 0 Å². The molecule has 0 radical (unpaired) electrons. The number of hydrogen-bond donors (Lipinski definition) is 1. The van der Waals surface area contributed by atoms with E-state index in [1.54, 1.807) is 37.3 Å². The SMILES string of the molecule is C=CCCOC(C)C(=O)Nc1ccc(C(=O)OCCN(CC)CC)cc1. The van der Waals surface area contributed by atoms with Gasteiger partial charge in [-0.3, -0.25) is 4.79 Å². The topological polar surface area (TPSA) is 67.9 Å². The minimum atomic E-state index is -0.556. The Morgan fingerprint density at radius 3 is 2.42 bits per heavy atom. The number of carbonyl (C=O) groups excluding carboxylic acids is 2. The molecule has 1 unspecified atom stereocenters. The Morgan fingerprint density at radius 2 is 1.85 bits per heavy atom. The summed E-state index contributed by atoms with van der Waals surface area (Å²) in [5, 5.41) is 2.76. The summed E-state index contributed by atoms with van der Waals surface area (Å²) in [6.45, 7) is 12.8. The molecule has 1 rings (SSSR count). The first kappa shape index (κ1) is 21.9. The van der Waals surface area contributed by atoms with Gasteiger partial charge in [-0.25, -0.2) is 4.79 Å². The normalized spacial score (nSPS) is 11.8. The zero-order valence-electron chi connectivity index (χ0n) is 16.0. The Balaban J connectivity index is 2.45. The molecular formula is C20H30N2O4. The van der Waals surface area contributed by atoms with Gasteiger partial charge in [0.15, 0.2) is 0 Å². The molecule has 0 saturated heterocycles. The molecule has 0 bridgehead atoms. The van der Waals surface area contributed by atoms with E-state index in [1.165, 1.54) is 0 Å². The Kier molecular flexibility index (Phi) is 10.3. The highest BCUT2D eigenvalue weighted by Crippen LogP contribution is 2.11. The number of hydrogen-bond acceptors (Lipinski definition) is 5. The molecule has 6 nitrogen and oxygen atoms in total. The monoisotopic (exact) mass is 362 g/mol. The molecular weight excluding hydrogens is 332 g/mol. The van der Waals surface area contributed by atoms with Gasteiger partial charge in [0.1, 0.15) is 12.7 Å². The number of benzene rings is 1. The number of nitrogens with one attached hydrogen (secondary N) is 1. The molecule has 1 aromatic rings. The van der Waals surface area contributed by atoms with Crippen molar-refractivity contribution in [2.45, 2.75) is 33.3 Å². The van der Waals surface area contributed by atoms with E-state index in [2.05, 4.69) is 30.6 Å². The number of carbonyl (C=O) groups is 2. The summed E-state index contributed by atoms with van der Waals surface area (Å²) in [6, 6.07) is 6.63. The minimum absolute atomic E-state index is 0.233. The Hall–Kier alpha value is -2.18. The van der Waals surface area contributed by atoms with Crippen LogP contribution in [0.25, 0.3) is 0 Å². The number of rotatable bonds is 12. The van der Waals surface area contributed by atoms with Gasteiger partial charge in [-0.05, 0) is 50.7 Å². The fraction of sp³-hybridized carbons (Fsp3) is 0.500. The fourth-order valence-electron chi connectivity index (χ4n) is 2.23. The highest BCUT2D eigenvalue weighted by Gasteiger charge is 2.14. The van der Waals surface area contributed by atoms with E-state index in [1.807, 2.05) is 0 Å². The summed E-state index contributed by atoms with van der Waals surface area (Å²) in [6.07, 6.45) is 1.88. The second-order valence-electron chi connectivity index (χ2n) is 5.82. The van der Waals surface area contributed by atoms with Crippen molar-refractivity contribution >= 4 is 17.6 Å². The van der Waals surface area contributed by atoms with Crippen molar-refractivity contribution in [3.63, 3.8) is 0 Å². The molecule has 6 heteroatoms. The summed E-state index contributed by atoms with van der Waals surface area (Å²) in [7, 11) is 0. The van der Waals surface area contributed by atoms with Crippen molar-refractivity contribution in [2.24, 2.45) is 0 Å². The molecule has 1 atom stereocenters. The van der Waals surface area contributed by atoms with E-state index in [-0.39, 0.29) is 11.9 Å². The zero-order chi connectivity index (χ0) is 19.4. The summed E-state index contributed by atoms with van der Waals surface area (Å²) in [5.41, 5.74) is 1.06. The molecule has 0 aliphatic heterocycles. The quantitative estimate of drug-likeness (QED) is 0.352. The summed E-state index contributed by atoms with van der Waals surface area (Å²) in [5.74, 6) is -0.597. The predicted molar refractivity (Wildman–Crippen MR) is 103 cm³/mol. The molecule has 1 amide bonds. The van der Waals surface area contributed by atoms with Crippen LogP contribution in [0.3, 0.4) is 0 Å². The van der Waals surface area contributed by atoms with E-state index in [4.69, 9.17) is 9.47 Å². The molecule has 0 aromatic heterocycles. The van der Waals surface area contributed by atoms with Gasteiger partial charge in [-0.2, -0.15) is 0 Å². The summed E-state index contributed by atoms with van der Waals surface area (Å²) < 4.78 is 10.7. The van der Waals surface area contributed by atoms with Crippen LogP contribution in [0.2, 0.25) is 0 Å². The molecule has 0 saturated carbocycles. The Labute approximate surface area is 156 Å². The maximum atomic E-state index is 12.0. The maximum Gasteiger partial charge on any atom is 0.338 e. The largest absolute Gasteiger partial charge is 0.461 e. The Morgan fingerprint density at radius 1 is 1.19 bits per heavy atom. The number of anilines is 1. The third kappa shape index (κ3) is 7.80. The average molecular weight is 362 g/mol. The molecule has 1 N–H and O–H groups in total. The van der Waals surface area contributed by atoms with Crippen LogP contribution in [0.15, 0.2) is 36.9 Å². The summed E-state index contributed by atoms with van der Waals surface area (Å²) >= 11 is 0. The third-order valence-electron chi connectivity index (χ3n) is 3.98. The standard InChI is InChI=1S/C20H30N2O4/c1-5-8-14-25-16(4)19(23)21-18-11-9-17(10-12-18)20(24)26-15-13-22(6-2)7-3/h5,9-12,16H,1,6-8,13-15H2,2-4H3,(H,21,23). The van der Waals surface area contributed by atoms with Crippen LogP contribution in [0.1, 0.15) is 37.6 Å². The maximum absolute atomic E-state index is 12.0. The van der Waals surface area contributed by atoms with Gasteiger partial charge in [0.2, 0.25) is 0 Å². The number of nitrogens with zero attached hydrogens (tertiary/aromatic N) is 1. The van der Waals surface area contributed by atoms with Crippen LogP contribution in [-0.2, 0) is 14.3 Å². The smallest absolute Gasteiger partial charge is 0.338 e. The van der Waals surface area contributed by atoms with Crippen LogP contribution in [0.4, 0.5) is 5.69 Å². The second-order valence-corrected chi connectivity index (χ2v) is 5.82. The zero-order valence-corrected chi connectivity index (χ0v) is 16.0. The molecule has 144 valence electrons. The number of ether oxygens (including phenoxy) is 2. The van der Waals surface area contributed by atoms with Gasteiger partial charge in [-0.15, -0.1) is 6.58 Å². The van der Waals surface area contributed by atoms with E-state index < -0.39 is 6.10 Å². The molecule has 1 aromatic carbocycles. The van der Waals surface area contributed by atoms with Gasteiger partial charge in [0, 0.05) is 12.2 Å².